The van der Waals surface area contributed by atoms with E-state index in [0.717, 1.165) is 11.4 Å². The molecule has 7 heteroatoms. The van der Waals surface area contributed by atoms with E-state index in [9.17, 15) is 4.79 Å². The summed E-state index contributed by atoms with van der Waals surface area (Å²) in [7, 11) is 0. The van der Waals surface area contributed by atoms with Gasteiger partial charge in [-0.25, -0.2) is 0 Å². The van der Waals surface area contributed by atoms with Gasteiger partial charge in [-0.05, 0) is 52.0 Å². The first-order valence-electron chi connectivity index (χ1n) is 7.50. The molecule has 0 aliphatic carbocycles. The predicted octanol–water partition coefficient (Wildman–Crippen LogP) is 2.73. The largest absolute Gasteiger partial charge is 0.491 e. The molecule has 0 unspecified atom stereocenters. The summed E-state index contributed by atoms with van der Waals surface area (Å²) in [5.41, 5.74) is 6.61. The molecule has 0 saturated heterocycles. The van der Waals surface area contributed by atoms with Gasteiger partial charge in [0.15, 0.2) is 5.96 Å². The Morgan fingerprint density at radius 1 is 1.22 bits per heavy atom. The zero-order valence-electron chi connectivity index (χ0n) is 14.1. The molecular weight excluding hydrogens is 407 g/mol. The molecule has 0 saturated carbocycles. The lowest BCUT2D eigenvalue weighted by atomic mass is 10.3. The van der Waals surface area contributed by atoms with E-state index in [2.05, 4.69) is 15.6 Å². The number of carbonyl (C=O) groups is 1. The minimum absolute atomic E-state index is 0. The Kier molecular flexibility index (Phi) is 10.4. The third-order valence-corrected chi connectivity index (χ3v) is 2.57. The minimum Gasteiger partial charge on any atom is -0.491 e. The molecule has 1 amide bonds. The highest BCUT2D eigenvalue weighted by Gasteiger charge is 2.03. The van der Waals surface area contributed by atoms with Gasteiger partial charge in [-0.3, -0.25) is 9.79 Å². The molecule has 6 nitrogen and oxygen atoms in total. The third kappa shape index (κ3) is 9.98. The number of hydrogen-bond donors (Lipinski definition) is 3. The van der Waals surface area contributed by atoms with Crippen LogP contribution in [0, 0.1) is 0 Å². The lowest BCUT2D eigenvalue weighted by molar-refractivity contribution is -0.121. The van der Waals surface area contributed by atoms with Crippen molar-refractivity contribution in [2.24, 2.45) is 10.7 Å². The van der Waals surface area contributed by atoms with Crippen LogP contribution < -0.4 is 21.1 Å². The van der Waals surface area contributed by atoms with Gasteiger partial charge in [-0.1, -0.05) is 0 Å². The van der Waals surface area contributed by atoms with Gasteiger partial charge >= 0.3 is 0 Å². The molecule has 0 atom stereocenters. The molecule has 4 N–H and O–H groups in total. The zero-order valence-corrected chi connectivity index (χ0v) is 16.5. The Hall–Kier alpha value is -1.51. The number of carbonyl (C=O) groups excluding carboxylic acids is 1. The lowest BCUT2D eigenvalue weighted by Gasteiger charge is -2.11. The van der Waals surface area contributed by atoms with Crippen molar-refractivity contribution in [3.63, 3.8) is 0 Å². The second kappa shape index (κ2) is 11.1. The van der Waals surface area contributed by atoms with Crippen LogP contribution in [0.2, 0.25) is 0 Å². The maximum Gasteiger partial charge on any atom is 0.222 e. The summed E-state index contributed by atoms with van der Waals surface area (Å²) in [5, 5.41) is 5.78. The fourth-order valence-corrected chi connectivity index (χ4v) is 1.75. The van der Waals surface area contributed by atoms with Crippen molar-refractivity contribution in [2.45, 2.75) is 46.3 Å². The highest BCUT2D eigenvalue weighted by Crippen LogP contribution is 2.16. The van der Waals surface area contributed by atoms with E-state index in [1.54, 1.807) is 0 Å². The monoisotopic (exact) mass is 434 g/mol. The van der Waals surface area contributed by atoms with Crippen LogP contribution in [-0.2, 0) is 4.79 Å². The van der Waals surface area contributed by atoms with Gasteiger partial charge in [0.05, 0.1) is 12.6 Å². The van der Waals surface area contributed by atoms with Gasteiger partial charge in [0.2, 0.25) is 5.91 Å². The number of benzene rings is 1. The number of anilines is 1. The number of hydrogen-bond acceptors (Lipinski definition) is 3. The van der Waals surface area contributed by atoms with E-state index in [-0.39, 0.29) is 48.0 Å². The van der Waals surface area contributed by atoms with Crippen LogP contribution in [0.5, 0.6) is 5.75 Å². The number of halogens is 1. The van der Waals surface area contributed by atoms with Crippen molar-refractivity contribution in [3.05, 3.63) is 24.3 Å². The molecule has 1 rings (SSSR count). The molecule has 1 aromatic carbocycles. The highest BCUT2D eigenvalue weighted by molar-refractivity contribution is 14.0. The predicted molar refractivity (Wildman–Crippen MR) is 106 cm³/mol. The molecule has 0 heterocycles. The maximum absolute atomic E-state index is 11.5. The first-order valence-corrected chi connectivity index (χ1v) is 7.50. The highest BCUT2D eigenvalue weighted by atomic mass is 127. The molecule has 0 radical (unpaired) electrons. The molecule has 0 aliphatic heterocycles. The molecule has 0 aromatic heterocycles. The molecule has 0 fully saturated rings. The van der Waals surface area contributed by atoms with Crippen LogP contribution in [0.15, 0.2) is 29.3 Å². The zero-order chi connectivity index (χ0) is 16.5. The molecule has 0 aliphatic rings. The summed E-state index contributed by atoms with van der Waals surface area (Å²) in [6.45, 7) is 8.15. The first-order chi connectivity index (χ1) is 10.4. The van der Waals surface area contributed by atoms with Crippen molar-refractivity contribution < 1.29 is 9.53 Å². The van der Waals surface area contributed by atoms with E-state index < -0.39 is 0 Å². The second-order valence-corrected chi connectivity index (χ2v) is 5.56. The number of aliphatic imine (C=N–C) groups is 1. The number of nitrogens with zero attached hydrogens (tertiary/aromatic N) is 1. The van der Waals surface area contributed by atoms with Gasteiger partial charge in [0.1, 0.15) is 5.75 Å². The van der Waals surface area contributed by atoms with Crippen LogP contribution in [0.1, 0.15) is 34.1 Å². The molecule has 1 aromatic rings. The van der Waals surface area contributed by atoms with Crippen LogP contribution in [0.25, 0.3) is 0 Å². The molecule has 23 heavy (non-hydrogen) atoms. The summed E-state index contributed by atoms with van der Waals surface area (Å²) in [4.78, 5) is 15.6. The molecule has 0 spiro atoms. The Balaban J connectivity index is 0.00000484. The summed E-state index contributed by atoms with van der Waals surface area (Å²) in [6, 6.07) is 7.60. The van der Waals surface area contributed by atoms with Gasteiger partial charge < -0.3 is 21.1 Å². The Morgan fingerprint density at radius 3 is 2.35 bits per heavy atom. The first kappa shape index (κ1) is 21.5. The average Bonchev–Trinajstić information content (AvgIpc) is 2.39. The van der Waals surface area contributed by atoms with Crippen molar-refractivity contribution >= 4 is 41.5 Å². The van der Waals surface area contributed by atoms with Crippen LogP contribution in [-0.4, -0.2) is 30.6 Å². The lowest BCUT2D eigenvalue weighted by Crippen LogP contribution is -2.30. The summed E-state index contributed by atoms with van der Waals surface area (Å²) < 4.78 is 5.56. The smallest absolute Gasteiger partial charge is 0.222 e. The van der Waals surface area contributed by atoms with Crippen LogP contribution in [0.4, 0.5) is 5.69 Å². The van der Waals surface area contributed by atoms with E-state index in [1.165, 1.54) is 0 Å². The van der Waals surface area contributed by atoms with E-state index in [0.29, 0.717) is 13.0 Å². The quantitative estimate of drug-likeness (QED) is 0.350. The SMILES string of the molecule is CC(C)NC(=O)CCN=C(N)Nc1ccc(OC(C)C)cc1.I. The summed E-state index contributed by atoms with van der Waals surface area (Å²) >= 11 is 0. The van der Waals surface area contributed by atoms with Gasteiger partial charge in [0, 0.05) is 18.2 Å². The standard InChI is InChI=1S/C16H26N4O2.HI/c1-11(2)19-15(21)9-10-18-16(17)20-13-5-7-14(8-6-13)22-12(3)4;/h5-8,11-12H,9-10H2,1-4H3,(H,19,21)(H3,17,18,20);1H. The summed E-state index contributed by atoms with van der Waals surface area (Å²) in [5.74, 6) is 1.07. The van der Waals surface area contributed by atoms with Crippen molar-refractivity contribution in [3.8, 4) is 5.75 Å². The topological polar surface area (TPSA) is 88.7 Å². The molecular formula is C16H27IN4O2. The number of amides is 1. The molecule has 130 valence electrons. The Bertz CT molecular complexity index is 501. The normalized spacial score (nSPS) is 11.1. The van der Waals surface area contributed by atoms with Crippen LogP contribution in [0.3, 0.4) is 0 Å². The Morgan fingerprint density at radius 2 is 1.83 bits per heavy atom. The van der Waals surface area contributed by atoms with E-state index >= 15 is 0 Å². The second-order valence-electron chi connectivity index (χ2n) is 5.56. The third-order valence-electron chi connectivity index (χ3n) is 2.57. The summed E-state index contributed by atoms with van der Waals surface area (Å²) in [6.07, 6.45) is 0.462. The average molecular weight is 434 g/mol. The fourth-order valence-electron chi connectivity index (χ4n) is 1.75. The maximum atomic E-state index is 11.5. The van der Waals surface area contributed by atoms with Crippen molar-refractivity contribution in [1.29, 1.82) is 0 Å². The number of rotatable bonds is 7. The van der Waals surface area contributed by atoms with Crippen molar-refractivity contribution in [2.75, 3.05) is 11.9 Å². The number of nitrogens with two attached hydrogens (primary N) is 1. The van der Waals surface area contributed by atoms with Crippen LogP contribution >= 0.6 is 24.0 Å². The van der Waals surface area contributed by atoms with Gasteiger partial charge in [-0.2, -0.15) is 0 Å². The number of guanidine groups is 1. The van der Waals surface area contributed by atoms with Crippen molar-refractivity contribution in [1.82, 2.24) is 5.32 Å². The van der Waals surface area contributed by atoms with Gasteiger partial charge in [0.25, 0.3) is 0 Å². The number of nitrogens with one attached hydrogen (secondary N) is 2. The Labute approximate surface area is 155 Å². The number of ether oxygens (including phenoxy) is 1. The van der Waals surface area contributed by atoms with E-state index in [4.69, 9.17) is 10.5 Å². The fraction of sp³-hybridized carbons (Fsp3) is 0.500. The molecule has 0 bridgehead atoms. The van der Waals surface area contributed by atoms with E-state index in [1.807, 2.05) is 52.0 Å². The van der Waals surface area contributed by atoms with Gasteiger partial charge in [-0.15, -0.1) is 24.0 Å². The minimum atomic E-state index is -0.0262.